The van der Waals surface area contributed by atoms with Crippen LogP contribution in [0, 0.1) is 11.8 Å². The Morgan fingerprint density at radius 3 is 2.59 bits per heavy atom. The lowest BCUT2D eigenvalue weighted by molar-refractivity contribution is -0.137. The highest BCUT2D eigenvalue weighted by Gasteiger charge is 2.37. The number of amides is 1. The van der Waals surface area contributed by atoms with Crippen LogP contribution in [-0.2, 0) is 4.79 Å². The number of carbonyl (C=O) groups is 1. The predicted molar refractivity (Wildman–Crippen MR) is 72.4 cm³/mol. The first-order chi connectivity index (χ1) is 7.74. The molecule has 0 radical (unpaired) electrons. The molecule has 2 unspecified atom stereocenters. The van der Waals surface area contributed by atoms with Crippen LogP contribution in [-0.4, -0.2) is 36.5 Å². The summed E-state index contributed by atoms with van der Waals surface area (Å²) in [5, 5.41) is 3.36. The third-order valence-corrected chi connectivity index (χ3v) is 3.94. The molecule has 0 bridgehead atoms. The van der Waals surface area contributed by atoms with Gasteiger partial charge in [0.25, 0.3) is 0 Å². The van der Waals surface area contributed by atoms with E-state index in [4.69, 9.17) is 0 Å². The third-order valence-electron chi connectivity index (χ3n) is 3.94. The minimum Gasteiger partial charge on any atom is -0.338 e. The molecule has 4 heteroatoms. The second kappa shape index (κ2) is 6.60. The Morgan fingerprint density at radius 1 is 1.41 bits per heavy atom. The summed E-state index contributed by atoms with van der Waals surface area (Å²) in [5.74, 6) is 1.34. The predicted octanol–water partition coefficient (Wildman–Crippen LogP) is 2.05. The van der Waals surface area contributed by atoms with E-state index in [1.807, 2.05) is 0 Å². The van der Waals surface area contributed by atoms with Crippen LogP contribution >= 0.6 is 12.4 Å². The van der Waals surface area contributed by atoms with Crippen LogP contribution < -0.4 is 5.32 Å². The van der Waals surface area contributed by atoms with Crippen molar-refractivity contribution in [3.8, 4) is 0 Å². The summed E-state index contributed by atoms with van der Waals surface area (Å²) in [5.41, 5.74) is 0. The van der Waals surface area contributed by atoms with Gasteiger partial charge in [-0.1, -0.05) is 13.8 Å². The number of carbonyl (C=O) groups excluding carboxylic acids is 1. The van der Waals surface area contributed by atoms with Crippen molar-refractivity contribution >= 4 is 18.3 Å². The first-order valence-corrected chi connectivity index (χ1v) is 6.75. The lowest BCUT2D eigenvalue weighted by Crippen LogP contribution is -2.45. The van der Waals surface area contributed by atoms with Crippen molar-refractivity contribution in [1.82, 2.24) is 10.2 Å². The molecule has 1 saturated heterocycles. The molecule has 0 spiro atoms. The summed E-state index contributed by atoms with van der Waals surface area (Å²) in [6.07, 6.45) is 4.72. The maximum atomic E-state index is 12.4. The molecule has 0 aromatic rings. The van der Waals surface area contributed by atoms with Crippen LogP contribution in [0.15, 0.2) is 0 Å². The van der Waals surface area contributed by atoms with Crippen LogP contribution in [0.4, 0.5) is 0 Å². The first kappa shape index (κ1) is 14.8. The lowest BCUT2D eigenvalue weighted by Gasteiger charge is -2.30. The van der Waals surface area contributed by atoms with Gasteiger partial charge in [0.2, 0.25) is 5.91 Å². The van der Waals surface area contributed by atoms with E-state index in [-0.39, 0.29) is 18.3 Å². The van der Waals surface area contributed by atoms with Crippen LogP contribution in [0.2, 0.25) is 0 Å². The summed E-state index contributed by atoms with van der Waals surface area (Å²) in [6.45, 7) is 7.26. The maximum absolute atomic E-state index is 12.4. The Labute approximate surface area is 111 Å². The van der Waals surface area contributed by atoms with Crippen LogP contribution in [0.1, 0.15) is 39.5 Å². The topological polar surface area (TPSA) is 32.3 Å². The number of rotatable bonds is 5. The molecule has 2 atom stereocenters. The van der Waals surface area contributed by atoms with Crippen LogP contribution in [0.3, 0.4) is 0 Å². The Hall–Kier alpha value is -0.280. The quantitative estimate of drug-likeness (QED) is 0.821. The van der Waals surface area contributed by atoms with E-state index < -0.39 is 0 Å². The summed E-state index contributed by atoms with van der Waals surface area (Å²) in [7, 11) is 0. The minimum absolute atomic E-state index is 0. The van der Waals surface area contributed by atoms with Gasteiger partial charge in [0, 0.05) is 25.0 Å². The molecular formula is C13H25ClN2O. The molecular weight excluding hydrogens is 236 g/mol. The molecule has 0 aromatic carbocycles. The van der Waals surface area contributed by atoms with Gasteiger partial charge in [-0.15, -0.1) is 12.4 Å². The standard InChI is InChI=1S/C13H24N2O.ClH/c1-3-8-15(12-6-7-14-9-12)13(16)10(2)11-4-5-11;/h10-12,14H,3-9H2,1-2H3;1H. The fourth-order valence-electron chi connectivity index (χ4n) is 2.68. The molecule has 2 aliphatic rings. The minimum atomic E-state index is 0. The Bertz CT molecular complexity index is 250. The van der Waals surface area contributed by atoms with Gasteiger partial charge in [-0.2, -0.15) is 0 Å². The van der Waals surface area contributed by atoms with Crippen LogP contribution in [0.25, 0.3) is 0 Å². The van der Waals surface area contributed by atoms with Crippen molar-refractivity contribution in [3.05, 3.63) is 0 Å². The first-order valence-electron chi connectivity index (χ1n) is 6.75. The summed E-state index contributed by atoms with van der Waals surface area (Å²) >= 11 is 0. The van der Waals surface area contributed by atoms with Crippen molar-refractivity contribution in [2.24, 2.45) is 11.8 Å². The van der Waals surface area contributed by atoms with E-state index >= 15 is 0 Å². The molecule has 1 aliphatic carbocycles. The molecule has 2 fully saturated rings. The van der Waals surface area contributed by atoms with E-state index in [2.05, 4.69) is 24.1 Å². The molecule has 1 heterocycles. The number of nitrogens with zero attached hydrogens (tertiary/aromatic N) is 1. The molecule has 17 heavy (non-hydrogen) atoms. The van der Waals surface area contributed by atoms with E-state index in [9.17, 15) is 4.79 Å². The molecule has 1 N–H and O–H groups in total. The Morgan fingerprint density at radius 2 is 2.12 bits per heavy atom. The zero-order valence-corrected chi connectivity index (χ0v) is 11.8. The van der Waals surface area contributed by atoms with Crippen molar-refractivity contribution in [2.75, 3.05) is 19.6 Å². The van der Waals surface area contributed by atoms with Gasteiger partial charge in [0.1, 0.15) is 0 Å². The second-order valence-electron chi connectivity index (χ2n) is 5.30. The molecule has 3 nitrogen and oxygen atoms in total. The highest BCUT2D eigenvalue weighted by atomic mass is 35.5. The van der Waals surface area contributed by atoms with Gasteiger partial charge in [0.15, 0.2) is 0 Å². The molecule has 0 aromatic heterocycles. The van der Waals surface area contributed by atoms with Crippen molar-refractivity contribution in [2.45, 2.75) is 45.6 Å². The normalized spacial score (nSPS) is 25.2. The smallest absolute Gasteiger partial charge is 0.225 e. The zero-order valence-electron chi connectivity index (χ0n) is 10.9. The molecule has 1 saturated carbocycles. The number of nitrogens with one attached hydrogen (secondary N) is 1. The third kappa shape index (κ3) is 3.59. The zero-order chi connectivity index (χ0) is 11.5. The van der Waals surface area contributed by atoms with E-state index in [1.165, 1.54) is 12.8 Å². The fraction of sp³-hybridized carbons (Fsp3) is 0.923. The highest BCUT2D eigenvalue weighted by molar-refractivity contribution is 5.85. The number of hydrogen-bond acceptors (Lipinski definition) is 2. The van der Waals surface area contributed by atoms with E-state index in [1.54, 1.807) is 0 Å². The van der Waals surface area contributed by atoms with E-state index in [0.717, 1.165) is 32.5 Å². The molecule has 1 amide bonds. The number of halogens is 1. The van der Waals surface area contributed by atoms with Crippen molar-refractivity contribution < 1.29 is 4.79 Å². The van der Waals surface area contributed by atoms with Gasteiger partial charge in [0.05, 0.1) is 0 Å². The lowest BCUT2D eigenvalue weighted by atomic mass is 10.0. The van der Waals surface area contributed by atoms with Gasteiger partial charge < -0.3 is 10.2 Å². The van der Waals surface area contributed by atoms with Gasteiger partial charge in [-0.3, -0.25) is 4.79 Å². The largest absolute Gasteiger partial charge is 0.338 e. The average molecular weight is 261 g/mol. The Balaban J connectivity index is 0.00000144. The number of hydrogen-bond donors (Lipinski definition) is 1. The summed E-state index contributed by atoms with van der Waals surface area (Å²) < 4.78 is 0. The average Bonchev–Trinajstić information content (AvgIpc) is 3.00. The highest BCUT2D eigenvalue weighted by Crippen LogP contribution is 2.37. The van der Waals surface area contributed by atoms with Gasteiger partial charge >= 0.3 is 0 Å². The molecule has 2 rings (SSSR count). The van der Waals surface area contributed by atoms with Gasteiger partial charge in [-0.05, 0) is 38.1 Å². The van der Waals surface area contributed by atoms with E-state index in [0.29, 0.717) is 17.9 Å². The van der Waals surface area contributed by atoms with Crippen molar-refractivity contribution in [1.29, 1.82) is 0 Å². The summed E-state index contributed by atoms with van der Waals surface area (Å²) in [4.78, 5) is 14.5. The molecule has 1 aliphatic heterocycles. The van der Waals surface area contributed by atoms with Crippen molar-refractivity contribution in [3.63, 3.8) is 0 Å². The monoisotopic (exact) mass is 260 g/mol. The SMILES string of the molecule is CCCN(C(=O)C(C)C1CC1)C1CCNC1.Cl. The fourth-order valence-corrected chi connectivity index (χ4v) is 2.68. The maximum Gasteiger partial charge on any atom is 0.225 e. The second-order valence-corrected chi connectivity index (χ2v) is 5.30. The van der Waals surface area contributed by atoms with Crippen LogP contribution in [0.5, 0.6) is 0 Å². The Kier molecular flexibility index (Phi) is 5.74. The molecule has 100 valence electrons. The van der Waals surface area contributed by atoms with Gasteiger partial charge in [-0.25, -0.2) is 0 Å². The summed E-state index contributed by atoms with van der Waals surface area (Å²) in [6, 6.07) is 0.452.